The lowest BCUT2D eigenvalue weighted by atomic mass is 10.0. The van der Waals surface area contributed by atoms with Crippen molar-refractivity contribution in [3.63, 3.8) is 0 Å². The second-order valence-corrected chi connectivity index (χ2v) is 8.61. The van der Waals surface area contributed by atoms with Gasteiger partial charge in [-0.1, -0.05) is 29.8 Å². The lowest BCUT2D eigenvalue weighted by molar-refractivity contribution is -0.123. The Labute approximate surface area is 156 Å². The molecule has 1 aromatic heterocycles. The Bertz CT molecular complexity index is 694. The minimum Gasteiger partial charge on any atom is -0.348 e. The lowest BCUT2D eigenvalue weighted by Crippen LogP contribution is -2.37. The average Bonchev–Trinajstić information content (AvgIpc) is 3.29. The molecule has 1 aliphatic carbocycles. The summed E-state index contributed by atoms with van der Waals surface area (Å²) in [5.41, 5.74) is 2.47. The van der Waals surface area contributed by atoms with Crippen molar-refractivity contribution < 1.29 is 4.79 Å². The van der Waals surface area contributed by atoms with Crippen LogP contribution in [0, 0.1) is 12.8 Å². The molecule has 1 saturated carbocycles. The molecule has 1 amide bonds. The first-order chi connectivity index (χ1) is 11.5. The largest absolute Gasteiger partial charge is 0.348 e. The van der Waals surface area contributed by atoms with E-state index < -0.39 is 0 Å². The summed E-state index contributed by atoms with van der Waals surface area (Å²) in [6.45, 7) is 3.30. The molecule has 0 bridgehead atoms. The van der Waals surface area contributed by atoms with Crippen LogP contribution in [0.25, 0.3) is 0 Å². The van der Waals surface area contributed by atoms with E-state index in [0.29, 0.717) is 12.5 Å². The van der Waals surface area contributed by atoms with Crippen LogP contribution >= 0.6 is 27.3 Å². The predicted octanol–water partition coefficient (Wildman–Crippen LogP) is 4.52. The van der Waals surface area contributed by atoms with Crippen molar-refractivity contribution in [2.45, 2.75) is 32.4 Å². The van der Waals surface area contributed by atoms with E-state index >= 15 is 0 Å². The van der Waals surface area contributed by atoms with Crippen molar-refractivity contribution in [1.82, 2.24) is 10.2 Å². The summed E-state index contributed by atoms with van der Waals surface area (Å²) in [6.07, 6.45) is 2.41. The van der Waals surface area contributed by atoms with Crippen LogP contribution in [0.1, 0.15) is 34.9 Å². The first kappa shape index (κ1) is 17.6. The Morgan fingerprint density at radius 3 is 2.67 bits per heavy atom. The molecule has 2 aromatic rings. The fourth-order valence-corrected chi connectivity index (χ4v) is 4.43. The second-order valence-electron chi connectivity index (χ2n) is 6.70. The molecule has 0 saturated heterocycles. The number of hydrogen-bond donors (Lipinski definition) is 1. The van der Waals surface area contributed by atoms with E-state index in [4.69, 9.17) is 0 Å². The molecule has 1 aromatic carbocycles. The molecule has 1 aliphatic rings. The molecule has 5 heteroatoms. The molecule has 1 N–H and O–H groups in total. The standard InChI is InChI=1S/C19H23BrN2OS/c1-13-3-5-14(6-4-13)19(15-7-8-15)21-18(23)11-22(2)10-17-9-16(20)12-24-17/h3-6,9,12,15,19H,7-8,10-11H2,1-2H3,(H,21,23). The van der Waals surface area contributed by atoms with Crippen molar-refractivity contribution in [1.29, 1.82) is 0 Å². The summed E-state index contributed by atoms with van der Waals surface area (Å²) >= 11 is 5.18. The molecule has 0 radical (unpaired) electrons. The fourth-order valence-electron chi connectivity index (χ4n) is 2.90. The van der Waals surface area contributed by atoms with Crippen molar-refractivity contribution in [3.05, 3.63) is 56.2 Å². The number of thiophene rings is 1. The van der Waals surface area contributed by atoms with Gasteiger partial charge in [-0.15, -0.1) is 11.3 Å². The molecule has 3 nitrogen and oxygen atoms in total. The number of benzene rings is 1. The van der Waals surface area contributed by atoms with Gasteiger partial charge >= 0.3 is 0 Å². The Kier molecular flexibility index (Phi) is 5.74. The highest BCUT2D eigenvalue weighted by Crippen LogP contribution is 2.41. The van der Waals surface area contributed by atoms with Gasteiger partial charge in [-0.2, -0.15) is 0 Å². The van der Waals surface area contributed by atoms with Crippen LogP contribution in [-0.4, -0.2) is 24.4 Å². The van der Waals surface area contributed by atoms with E-state index in [1.807, 2.05) is 7.05 Å². The van der Waals surface area contributed by atoms with E-state index in [9.17, 15) is 4.79 Å². The van der Waals surface area contributed by atoms with Gasteiger partial charge in [-0.25, -0.2) is 0 Å². The van der Waals surface area contributed by atoms with Crippen LogP contribution < -0.4 is 5.32 Å². The Morgan fingerprint density at radius 2 is 2.08 bits per heavy atom. The molecule has 1 unspecified atom stereocenters. The summed E-state index contributed by atoms with van der Waals surface area (Å²) in [4.78, 5) is 15.8. The number of rotatable bonds is 7. The van der Waals surface area contributed by atoms with Crippen molar-refractivity contribution in [2.24, 2.45) is 5.92 Å². The van der Waals surface area contributed by atoms with Crippen LogP contribution in [0.3, 0.4) is 0 Å². The van der Waals surface area contributed by atoms with Crippen LogP contribution in [-0.2, 0) is 11.3 Å². The van der Waals surface area contributed by atoms with Gasteiger partial charge in [0.2, 0.25) is 5.91 Å². The first-order valence-corrected chi connectivity index (χ1v) is 9.96. The number of nitrogens with zero attached hydrogens (tertiary/aromatic N) is 1. The monoisotopic (exact) mass is 406 g/mol. The fraction of sp³-hybridized carbons (Fsp3) is 0.421. The van der Waals surface area contributed by atoms with Crippen molar-refractivity contribution in [2.75, 3.05) is 13.6 Å². The second kappa shape index (κ2) is 7.81. The predicted molar refractivity (Wildman–Crippen MR) is 103 cm³/mol. The molecule has 0 aliphatic heterocycles. The molecule has 0 spiro atoms. The van der Waals surface area contributed by atoms with Crippen molar-refractivity contribution >= 4 is 33.2 Å². The maximum atomic E-state index is 12.5. The highest BCUT2D eigenvalue weighted by molar-refractivity contribution is 9.10. The zero-order chi connectivity index (χ0) is 17.1. The van der Waals surface area contributed by atoms with Crippen LogP contribution in [0.2, 0.25) is 0 Å². The topological polar surface area (TPSA) is 32.3 Å². The molecule has 1 fully saturated rings. The van der Waals surface area contributed by atoms with E-state index in [-0.39, 0.29) is 11.9 Å². The zero-order valence-corrected chi connectivity index (χ0v) is 16.5. The average molecular weight is 407 g/mol. The Hall–Kier alpha value is -1.17. The number of carbonyl (C=O) groups is 1. The van der Waals surface area contributed by atoms with E-state index in [2.05, 4.69) is 68.8 Å². The van der Waals surface area contributed by atoms with Crippen molar-refractivity contribution in [3.8, 4) is 0 Å². The van der Waals surface area contributed by atoms with Gasteiger partial charge in [0.1, 0.15) is 0 Å². The summed E-state index contributed by atoms with van der Waals surface area (Å²) in [5.74, 6) is 0.695. The Morgan fingerprint density at radius 1 is 1.38 bits per heavy atom. The zero-order valence-electron chi connectivity index (χ0n) is 14.1. The summed E-state index contributed by atoms with van der Waals surface area (Å²) < 4.78 is 1.11. The summed E-state index contributed by atoms with van der Waals surface area (Å²) in [6, 6.07) is 10.8. The number of halogens is 1. The third-order valence-corrected chi connectivity index (χ3v) is 5.99. The normalized spacial score (nSPS) is 15.5. The van der Waals surface area contributed by atoms with Gasteiger partial charge in [0.15, 0.2) is 0 Å². The lowest BCUT2D eigenvalue weighted by Gasteiger charge is -2.21. The Balaban J connectivity index is 1.56. The minimum absolute atomic E-state index is 0.102. The highest BCUT2D eigenvalue weighted by atomic mass is 79.9. The summed E-state index contributed by atoms with van der Waals surface area (Å²) in [5, 5.41) is 5.32. The quantitative estimate of drug-likeness (QED) is 0.732. The maximum absolute atomic E-state index is 12.5. The maximum Gasteiger partial charge on any atom is 0.234 e. The van der Waals surface area contributed by atoms with Crippen LogP contribution in [0.5, 0.6) is 0 Å². The molecular weight excluding hydrogens is 384 g/mol. The third-order valence-electron chi connectivity index (χ3n) is 4.31. The molecule has 24 heavy (non-hydrogen) atoms. The molecule has 3 rings (SSSR count). The van der Waals surface area contributed by atoms with Crippen LogP contribution in [0.4, 0.5) is 0 Å². The van der Waals surface area contributed by atoms with Gasteiger partial charge in [0, 0.05) is 21.3 Å². The van der Waals surface area contributed by atoms with Gasteiger partial charge in [-0.3, -0.25) is 9.69 Å². The van der Waals surface area contributed by atoms with E-state index in [1.165, 1.54) is 28.8 Å². The molecule has 128 valence electrons. The van der Waals surface area contributed by atoms with E-state index in [0.717, 1.165) is 11.0 Å². The number of nitrogens with one attached hydrogen (secondary N) is 1. The smallest absolute Gasteiger partial charge is 0.234 e. The highest BCUT2D eigenvalue weighted by Gasteiger charge is 2.33. The SMILES string of the molecule is Cc1ccc(C(NC(=O)CN(C)Cc2cc(Br)cs2)C2CC2)cc1. The number of aryl methyl sites for hydroxylation is 1. The van der Waals surface area contributed by atoms with Crippen LogP contribution in [0.15, 0.2) is 40.2 Å². The number of carbonyl (C=O) groups excluding carboxylic acids is 1. The van der Waals surface area contributed by atoms with Gasteiger partial charge in [-0.05, 0) is 60.3 Å². The number of hydrogen-bond acceptors (Lipinski definition) is 3. The molecule has 1 atom stereocenters. The molecular formula is C19H23BrN2OS. The van der Waals surface area contributed by atoms with Gasteiger partial charge < -0.3 is 5.32 Å². The van der Waals surface area contributed by atoms with Gasteiger partial charge in [0.05, 0.1) is 12.6 Å². The number of amides is 1. The van der Waals surface area contributed by atoms with E-state index in [1.54, 1.807) is 11.3 Å². The molecule has 1 heterocycles. The number of likely N-dealkylation sites (N-methyl/N-ethyl adjacent to an activating group) is 1. The van der Waals surface area contributed by atoms with Gasteiger partial charge in [0.25, 0.3) is 0 Å². The third kappa shape index (κ3) is 4.91. The summed E-state index contributed by atoms with van der Waals surface area (Å²) in [7, 11) is 1.99. The minimum atomic E-state index is 0.102. The first-order valence-electron chi connectivity index (χ1n) is 8.28.